The molecule has 0 aromatic heterocycles. The molecule has 2 amide bonds. The molecule has 1 aliphatic heterocycles. The van der Waals surface area contributed by atoms with Crippen molar-refractivity contribution in [2.24, 2.45) is 5.73 Å². The molecule has 6 nitrogen and oxygen atoms in total. The van der Waals surface area contributed by atoms with Gasteiger partial charge in [0, 0.05) is 11.3 Å². The predicted molar refractivity (Wildman–Crippen MR) is 93.1 cm³/mol. The largest absolute Gasteiger partial charge is 0.485 e. The number of carbonyl (C=O) groups is 1. The van der Waals surface area contributed by atoms with Crippen LogP contribution >= 0.6 is 0 Å². The van der Waals surface area contributed by atoms with Gasteiger partial charge in [0.25, 0.3) is 0 Å². The summed E-state index contributed by atoms with van der Waals surface area (Å²) in [5.74, 6) is 0.515. The molecule has 25 heavy (non-hydrogen) atoms. The molecular formula is C19H19N3O3. The number of rotatable bonds is 2. The van der Waals surface area contributed by atoms with Crippen molar-refractivity contribution in [3.8, 4) is 11.8 Å². The quantitative estimate of drug-likeness (QED) is 0.880. The van der Waals surface area contributed by atoms with Gasteiger partial charge in [0.2, 0.25) is 0 Å². The van der Waals surface area contributed by atoms with Crippen molar-refractivity contribution >= 4 is 11.7 Å². The Morgan fingerprint density at radius 1 is 1.28 bits per heavy atom. The fraction of sp³-hybridized carbons (Fsp3) is 0.263. The molecule has 2 unspecified atom stereocenters. The van der Waals surface area contributed by atoms with Gasteiger partial charge in [-0.1, -0.05) is 18.2 Å². The van der Waals surface area contributed by atoms with E-state index in [1.54, 1.807) is 56.3 Å². The van der Waals surface area contributed by atoms with Gasteiger partial charge in [-0.25, -0.2) is 4.79 Å². The summed E-state index contributed by atoms with van der Waals surface area (Å²) in [6.07, 6.45) is -1.04. The maximum atomic E-state index is 12.3. The molecule has 128 valence electrons. The number of anilines is 1. The van der Waals surface area contributed by atoms with Crippen LogP contribution in [0.1, 0.15) is 31.0 Å². The van der Waals surface area contributed by atoms with E-state index in [9.17, 15) is 15.2 Å². The molecule has 3 N–H and O–H groups in total. The second-order valence-corrected chi connectivity index (χ2v) is 6.50. The van der Waals surface area contributed by atoms with Crippen LogP contribution in [-0.4, -0.2) is 22.8 Å². The number of nitrogens with two attached hydrogens (primary N) is 1. The van der Waals surface area contributed by atoms with Crippen LogP contribution in [0.2, 0.25) is 0 Å². The molecule has 0 spiro atoms. The second-order valence-electron chi connectivity index (χ2n) is 6.50. The second kappa shape index (κ2) is 6.11. The number of hydrogen-bond donors (Lipinski definition) is 2. The lowest BCUT2D eigenvalue weighted by atomic mass is 9.84. The zero-order valence-corrected chi connectivity index (χ0v) is 14.0. The third-order valence-corrected chi connectivity index (χ3v) is 4.39. The number of nitrogens with zero attached hydrogens (tertiary/aromatic N) is 2. The first kappa shape index (κ1) is 16.8. The van der Waals surface area contributed by atoms with E-state index < -0.39 is 23.8 Å². The van der Waals surface area contributed by atoms with Gasteiger partial charge >= 0.3 is 6.03 Å². The van der Waals surface area contributed by atoms with Crippen molar-refractivity contribution in [3.05, 3.63) is 59.7 Å². The van der Waals surface area contributed by atoms with Gasteiger partial charge in [0.15, 0.2) is 0 Å². The summed E-state index contributed by atoms with van der Waals surface area (Å²) < 4.78 is 5.89. The number of aliphatic hydroxyl groups is 1. The standard InChI is InChI=1S/C19H19N3O3/c1-19(2)17(23)16(14-10-12(11-20)8-9-15(14)25-19)22(18(21)24)13-6-4-3-5-7-13/h3-10,16-17,23H,1-2H3,(H2,21,24). The Kier molecular flexibility index (Phi) is 4.11. The van der Waals surface area contributed by atoms with E-state index in [-0.39, 0.29) is 0 Å². The summed E-state index contributed by atoms with van der Waals surface area (Å²) in [6.45, 7) is 3.49. The third kappa shape index (κ3) is 2.90. The van der Waals surface area contributed by atoms with E-state index in [0.717, 1.165) is 0 Å². The SMILES string of the molecule is CC1(C)Oc2ccc(C#N)cc2C(N(C(N)=O)c2ccccc2)C1O. The molecule has 0 aliphatic carbocycles. The molecule has 1 heterocycles. The minimum Gasteiger partial charge on any atom is -0.485 e. The number of para-hydroxylation sites is 1. The zero-order chi connectivity index (χ0) is 18.2. The highest BCUT2D eigenvalue weighted by atomic mass is 16.5. The van der Waals surface area contributed by atoms with E-state index in [1.165, 1.54) is 4.90 Å². The van der Waals surface area contributed by atoms with Gasteiger partial charge in [0.05, 0.1) is 17.7 Å². The first-order valence-corrected chi connectivity index (χ1v) is 7.90. The molecule has 0 bridgehead atoms. The highest BCUT2D eigenvalue weighted by molar-refractivity contribution is 5.92. The fourth-order valence-electron chi connectivity index (χ4n) is 3.13. The van der Waals surface area contributed by atoms with Gasteiger partial charge in [0.1, 0.15) is 17.5 Å². The van der Waals surface area contributed by atoms with Crippen molar-refractivity contribution in [1.82, 2.24) is 0 Å². The van der Waals surface area contributed by atoms with Crippen LogP contribution in [0.15, 0.2) is 48.5 Å². The third-order valence-electron chi connectivity index (χ3n) is 4.39. The lowest BCUT2D eigenvalue weighted by Gasteiger charge is -2.45. The normalized spacial score (nSPS) is 20.7. The van der Waals surface area contributed by atoms with E-state index in [2.05, 4.69) is 6.07 Å². The first-order valence-electron chi connectivity index (χ1n) is 7.90. The average molecular weight is 337 g/mol. The Morgan fingerprint density at radius 3 is 2.56 bits per heavy atom. The first-order chi connectivity index (χ1) is 11.8. The molecule has 0 saturated carbocycles. The molecule has 0 radical (unpaired) electrons. The molecule has 0 fully saturated rings. The Balaban J connectivity index is 2.21. The number of benzene rings is 2. The maximum Gasteiger partial charge on any atom is 0.319 e. The molecule has 3 rings (SSSR count). The predicted octanol–water partition coefficient (Wildman–Crippen LogP) is 2.72. The number of aliphatic hydroxyl groups excluding tert-OH is 1. The van der Waals surface area contributed by atoms with Gasteiger partial charge < -0.3 is 15.6 Å². The number of carbonyl (C=O) groups excluding carboxylic acids is 1. The van der Waals surface area contributed by atoms with Crippen LogP contribution in [0.25, 0.3) is 0 Å². The van der Waals surface area contributed by atoms with Crippen molar-refractivity contribution < 1.29 is 14.6 Å². The Morgan fingerprint density at radius 2 is 1.96 bits per heavy atom. The smallest absolute Gasteiger partial charge is 0.319 e. The minimum atomic E-state index is -1.04. The van der Waals surface area contributed by atoms with Crippen molar-refractivity contribution in [1.29, 1.82) is 5.26 Å². The van der Waals surface area contributed by atoms with Crippen molar-refractivity contribution in [3.63, 3.8) is 0 Å². The maximum absolute atomic E-state index is 12.3. The highest BCUT2D eigenvalue weighted by Crippen LogP contribution is 2.44. The van der Waals surface area contributed by atoms with Crippen LogP contribution in [0.4, 0.5) is 10.5 Å². The summed E-state index contributed by atoms with van der Waals surface area (Å²) >= 11 is 0. The number of urea groups is 1. The average Bonchev–Trinajstić information content (AvgIpc) is 2.59. The Labute approximate surface area is 146 Å². The lowest BCUT2D eigenvalue weighted by Crippen LogP contribution is -2.55. The molecule has 0 saturated heterocycles. The topological polar surface area (TPSA) is 99.6 Å². The van der Waals surface area contributed by atoms with Gasteiger partial charge in [-0.15, -0.1) is 0 Å². The highest BCUT2D eigenvalue weighted by Gasteiger charge is 2.47. The Bertz CT molecular complexity index is 843. The molecule has 1 aliphatic rings. The number of nitriles is 1. The van der Waals surface area contributed by atoms with Gasteiger partial charge in [-0.05, 0) is 44.2 Å². The number of ether oxygens (including phenoxy) is 1. The minimum absolute atomic E-state index is 0.414. The number of hydrogen-bond acceptors (Lipinski definition) is 4. The van der Waals surface area contributed by atoms with Crippen molar-refractivity contribution in [2.45, 2.75) is 31.6 Å². The van der Waals surface area contributed by atoms with Crippen LogP contribution in [0.5, 0.6) is 5.75 Å². The zero-order valence-electron chi connectivity index (χ0n) is 14.0. The van der Waals surface area contributed by atoms with Crippen LogP contribution < -0.4 is 15.4 Å². The fourth-order valence-corrected chi connectivity index (χ4v) is 3.13. The summed E-state index contributed by atoms with van der Waals surface area (Å²) in [5.41, 5.74) is 6.24. The summed E-state index contributed by atoms with van der Waals surface area (Å²) in [4.78, 5) is 13.6. The van der Waals surface area contributed by atoms with Gasteiger partial charge in [-0.2, -0.15) is 5.26 Å². The monoisotopic (exact) mass is 337 g/mol. The van der Waals surface area contributed by atoms with Crippen LogP contribution in [0.3, 0.4) is 0 Å². The summed E-state index contributed by atoms with van der Waals surface area (Å²) in [7, 11) is 0. The summed E-state index contributed by atoms with van der Waals surface area (Å²) in [5, 5.41) is 20.1. The van der Waals surface area contributed by atoms with E-state index in [1.807, 2.05) is 6.07 Å². The van der Waals surface area contributed by atoms with Crippen LogP contribution in [0, 0.1) is 11.3 Å². The van der Waals surface area contributed by atoms with E-state index in [0.29, 0.717) is 22.6 Å². The lowest BCUT2D eigenvalue weighted by molar-refractivity contribution is -0.0571. The number of fused-ring (bicyclic) bond motifs is 1. The molecule has 6 heteroatoms. The van der Waals surface area contributed by atoms with E-state index in [4.69, 9.17) is 10.5 Å². The number of primary amides is 1. The van der Waals surface area contributed by atoms with Crippen LogP contribution in [-0.2, 0) is 0 Å². The molecule has 2 aromatic carbocycles. The number of amides is 2. The molecule has 2 aromatic rings. The molecule has 2 atom stereocenters. The van der Waals surface area contributed by atoms with E-state index >= 15 is 0 Å². The van der Waals surface area contributed by atoms with Crippen molar-refractivity contribution in [2.75, 3.05) is 4.90 Å². The van der Waals surface area contributed by atoms with Gasteiger partial charge in [-0.3, -0.25) is 4.90 Å². The summed E-state index contributed by atoms with van der Waals surface area (Å²) in [6, 6.07) is 14.4. The molecular weight excluding hydrogens is 318 g/mol. The Hall–Kier alpha value is -3.04.